The number of rotatable bonds is 7. The molecule has 0 bridgehead atoms. The maximum atomic E-state index is 12.3. The van der Waals surface area contributed by atoms with Crippen molar-refractivity contribution in [3.63, 3.8) is 0 Å². The number of fused-ring (bicyclic) bond motifs is 1. The number of carbonyl (C=O) groups excluding carboxylic acids is 3. The molecule has 0 radical (unpaired) electrons. The van der Waals surface area contributed by atoms with Gasteiger partial charge in [0.15, 0.2) is 11.9 Å². The predicted octanol–water partition coefficient (Wildman–Crippen LogP) is 4.63. The third-order valence-corrected chi connectivity index (χ3v) is 4.68. The molecular weight excluding hydrogens is 394 g/mol. The Hall–Kier alpha value is -3.93. The minimum Gasteiger partial charge on any atom is -0.497 e. The van der Waals surface area contributed by atoms with Crippen LogP contribution in [0.15, 0.2) is 66.7 Å². The Morgan fingerprint density at radius 3 is 2.45 bits per heavy atom. The number of esters is 1. The summed E-state index contributed by atoms with van der Waals surface area (Å²) in [5.74, 6) is -0.440. The van der Waals surface area contributed by atoms with E-state index in [0.717, 1.165) is 22.1 Å². The van der Waals surface area contributed by atoms with Crippen molar-refractivity contribution in [3.05, 3.63) is 77.9 Å². The summed E-state index contributed by atoms with van der Waals surface area (Å²) in [4.78, 5) is 35.9. The molecule has 0 unspecified atom stereocenters. The summed E-state index contributed by atoms with van der Waals surface area (Å²) in [5, 5.41) is 4.68. The Morgan fingerprint density at radius 2 is 1.71 bits per heavy atom. The summed E-state index contributed by atoms with van der Waals surface area (Å²) >= 11 is 0. The fourth-order valence-electron chi connectivity index (χ4n) is 2.96. The van der Waals surface area contributed by atoms with Crippen molar-refractivity contribution in [2.24, 2.45) is 0 Å². The lowest BCUT2D eigenvalue weighted by molar-refractivity contribution is -0.148. The van der Waals surface area contributed by atoms with Gasteiger partial charge in [0.05, 0.1) is 7.11 Å². The van der Waals surface area contributed by atoms with E-state index in [4.69, 9.17) is 9.47 Å². The van der Waals surface area contributed by atoms with E-state index < -0.39 is 18.0 Å². The zero-order chi connectivity index (χ0) is 22.4. The molecule has 158 valence electrons. The van der Waals surface area contributed by atoms with Crippen LogP contribution < -0.4 is 10.1 Å². The van der Waals surface area contributed by atoms with Gasteiger partial charge in [-0.2, -0.15) is 0 Å². The van der Waals surface area contributed by atoms with Crippen molar-refractivity contribution in [2.45, 2.75) is 20.0 Å². The number of nitrogens with one attached hydrogen (secondary N) is 1. The van der Waals surface area contributed by atoms with Gasteiger partial charge in [0.2, 0.25) is 0 Å². The van der Waals surface area contributed by atoms with Crippen LogP contribution in [0.4, 0.5) is 5.69 Å². The molecule has 0 spiro atoms. The van der Waals surface area contributed by atoms with Crippen molar-refractivity contribution >= 4 is 40.2 Å². The fraction of sp³-hybridized carbons (Fsp3) is 0.160. The molecule has 1 N–H and O–H groups in total. The van der Waals surface area contributed by atoms with Gasteiger partial charge in [-0.1, -0.05) is 30.3 Å². The minimum atomic E-state index is -0.998. The first-order valence-electron chi connectivity index (χ1n) is 9.74. The van der Waals surface area contributed by atoms with Gasteiger partial charge in [-0.3, -0.25) is 9.59 Å². The van der Waals surface area contributed by atoms with E-state index in [9.17, 15) is 14.4 Å². The van der Waals surface area contributed by atoms with Gasteiger partial charge in [-0.05, 0) is 66.6 Å². The van der Waals surface area contributed by atoms with Gasteiger partial charge in [-0.25, -0.2) is 4.79 Å². The summed E-state index contributed by atoms with van der Waals surface area (Å²) in [6.07, 6.45) is 1.92. The summed E-state index contributed by atoms with van der Waals surface area (Å²) in [6.45, 7) is 2.93. The van der Waals surface area contributed by atoms with Gasteiger partial charge in [0.25, 0.3) is 5.91 Å². The summed E-state index contributed by atoms with van der Waals surface area (Å²) < 4.78 is 10.4. The summed E-state index contributed by atoms with van der Waals surface area (Å²) in [7, 11) is 1.62. The van der Waals surface area contributed by atoms with Crippen LogP contribution in [0.25, 0.3) is 16.8 Å². The summed E-state index contributed by atoms with van der Waals surface area (Å²) in [6, 6.07) is 18.1. The average molecular weight is 417 g/mol. The molecule has 0 aliphatic carbocycles. The number of benzene rings is 3. The Labute approximate surface area is 180 Å². The maximum absolute atomic E-state index is 12.3. The largest absolute Gasteiger partial charge is 0.497 e. The van der Waals surface area contributed by atoms with Crippen LogP contribution in [-0.4, -0.2) is 30.9 Å². The van der Waals surface area contributed by atoms with Crippen LogP contribution in [0, 0.1) is 0 Å². The number of carbonyl (C=O) groups is 3. The van der Waals surface area contributed by atoms with E-state index in [0.29, 0.717) is 11.3 Å². The average Bonchev–Trinajstić information content (AvgIpc) is 2.77. The van der Waals surface area contributed by atoms with E-state index in [-0.39, 0.29) is 5.78 Å². The number of amides is 1. The normalized spacial score (nSPS) is 11.8. The fourth-order valence-corrected chi connectivity index (χ4v) is 2.96. The highest BCUT2D eigenvalue weighted by Gasteiger charge is 2.17. The molecule has 6 nitrogen and oxygen atoms in total. The van der Waals surface area contributed by atoms with Gasteiger partial charge in [0.1, 0.15) is 5.75 Å². The number of anilines is 1. The molecule has 3 aromatic carbocycles. The lowest BCUT2D eigenvalue weighted by Crippen LogP contribution is -2.29. The van der Waals surface area contributed by atoms with Crippen LogP contribution in [0.1, 0.15) is 29.8 Å². The second-order valence-electron chi connectivity index (χ2n) is 7.01. The first kappa shape index (κ1) is 21.8. The van der Waals surface area contributed by atoms with Crippen LogP contribution in [0.2, 0.25) is 0 Å². The molecular formula is C25H23NO5. The molecule has 0 fully saturated rings. The third kappa shape index (κ3) is 5.79. The van der Waals surface area contributed by atoms with E-state index in [1.54, 1.807) is 37.5 Å². The Balaban J connectivity index is 1.59. The number of methoxy groups -OCH3 is 1. The van der Waals surface area contributed by atoms with E-state index in [1.165, 1.54) is 19.9 Å². The molecule has 1 amide bonds. The van der Waals surface area contributed by atoms with Crippen molar-refractivity contribution in [3.8, 4) is 5.75 Å². The number of hydrogen-bond donors (Lipinski definition) is 1. The van der Waals surface area contributed by atoms with Gasteiger partial charge in [0, 0.05) is 17.3 Å². The molecule has 31 heavy (non-hydrogen) atoms. The van der Waals surface area contributed by atoms with E-state index in [1.807, 2.05) is 36.4 Å². The van der Waals surface area contributed by atoms with E-state index in [2.05, 4.69) is 5.32 Å². The second-order valence-corrected chi connectivity index (χ2v) is 7.01. The van der Waals surface area contributed by atoms with Crippen LogP contribution >= 0.6 is 0 Å². The molecule has 3 rings (SSSR count). The topological polar surface area (TPSA) is 81.7 Å². The molecule has 1 atom stereocenters. The monoisotopic (exact) mass is 417 g/mol. The predicted molar refractivity (Wildman–Crippen MR) is 120 cm³/mol. The number of ether oxygens (including phenoxy) is 2. The zero-order valence-corrected chi connectivity index (χ0v) is 17.5. The van der Waals surface area contributed by atoms with Gasteiger partial charge >= 0.3 is 5.97 Å². The van der Waals surface area contributed by atoms with Gasteiger partial charge in [-0.15, -0.1) is 0 Å². The molecule has 0 aliphatic rings. The lowest BCUT2D eigenvalue weighted by atomic mass is 10.1. The first-order chi connectivity index (χ1) is 14.9. The Morgan fingerprint density at radius 1 is 0.968 bits per heavy atom. The molecule has 0 saturated heterocycles. The molecule has 0 saturated carbocycles. The van der Waals surface area contributed by atoms with Crippen molar-refractivity contribution in [2.75, 3.05) is 12.4 Å². The Kier molecular flexibility index (Phi) is 6.82. The molecule has 3 aromatic rings. The quantitative estimate of drug-likeness (QED) is 0.344. The SMILES string of the molecule is COc1ccc2cc(/C=C/C(=O)O[C@@H](C)C(=O)Nc3cccc(C(C)=O)c3)ccc2c1. The smallest absolute Gasteiger partial charge is 0.331 e. The maximum Gasteiger partial charge on any atom is 0.331 e. The molecule has 0 aromatic heterocycles. The highest BCUT2D eigenvalue weighted by atomic mass is 16.5. The van der Waals surface area contributed by atoms with E-state index >= 15 is 0 Å². The second kappa shape index (κ2) is 9.71. The first-order valence-corrected chi connectivity index (χ1v) is 9.74. The number of Topliss-reactive ketones (excluding diaryl/α,β-unsaturated/α-hetero) is 1. The lowest BCUT2D eigenvalue weighted by Gasteiger charge is -2.12. The van der Waals surface area contributed by atoms with Crippen molar-refractivity contribution in [1.29, 1.82) is 0 Å². The molecule has 6 heteroatoms. The number of hydrogen-bond acceptors (Lipinski definition) is 5. The summed E-state index contributed by atoms with van der Waals surface area (Å²) in [5.41, 5.74) is 1.77. The molecule has 0 heterocycles. The van der Waals surface area contributed by atoms with Gasteiger partial charge < -0.3 is 14.8 Å². The van der Waals surface area contributed by atoms with Crippen molar-refractivity contribution in [1.82, 2.24) is 0 Å². The van der Waals surface area contributed by atoms with Crippen LogP contribution in [-0.2, 0) is 14.3 Å². The highest BCUT2D eigenvalue weighted by molar-refractivity contribution is 5.99. The zero-order valence-electron chi connectivity index (χ0n) is 17.5. The highest BCUT2D eigenvalue weighted by Crippen LogP contribution is 2.22. The standard InChI is InChI=1S/C25H23NO5/c1-16(27)19-5-4-6-22(14-19)26-25(29)17(2)31-24(28)12-8-18-7-9-21-15-23(30-3)11-10-20(21)13-18/h4-15,17H,1-3H3,(H,26,29)/b12-8+/t17-/m0/s1. The third-order valence-electron chi connectivity index (χ3n) is 4.68. The van der Waals surface area contributed by atoms with Crippen LogP contribution in [0.3, 0.4) is 0 Å². The minimum absolute atomic E-state index is 0.103. The molecule has 0 aliphatic heterocycles. The van der Waals surface area contributed by atoms with Crippen LogP contribution in [0.5, 0.6) is 5.75 Å². The number of ketones is 1. The Bertz CT molecular complexity index is 1170. The van der Waals surface area contributed by atoms with Crippen molar-refractivity contribution < 1.29 is 23.9 Å².